The number of aromatic nitrogens is 1. The van der Waals surface area contributed by atoms with E-state index in [1.807, 2.05) is 24.0 Å². The number of likely N-dealkylation sites (tertiary alicyclic amines) is 1. The lowest BCUT2D eigenvalue weighted by Crippen LogP contribution is -2.61. The van der Waals surface area contributed by atoms with Crippen LogP contribution in [0.15, 0.2) is 35.8 Å². The molecule has 1 N–H and O–H groups in total. The van der Waals surface area contributed by atoms with Crippen molar-refractivity contribution in [1.82, 2.24) is 15.2 Å². The molecule has 1 atom stereocenters. The molecule has 0 bridgehead atoms. The Labute approximate surface area is 152 Å². The minimum atomic E-state index is -0.783. The Morgan fingerprint density at radius 1 is 1.36 bits per heavy atom. The second kappa shape index (κ2) is 6.77. The number of piperidine rings is 1. The number of carbonyl (C=O) groups is 1. The number of thiophene rings is 1. The average Bonchev–Trinajstić information content (AvgIpc) is 3.10. The second-order valence-corrected chi connectivity index (χ2v) is 7.73. The third kappa shape index (κ3) is 3.04. The first kappa shape index (κ1) is 16.5. The van der Waals surface area contributed by atoms with Gasteiger partial charge < -0.3 is 15.0 Å². The van der Waals surface area contributed by atoms with Gasteiger partial charge in [0, 0.05) is 30.5 Å². The van der Waals surface area contributed by atoms with E-state index in [1.54, 1.807) is 17.5 Å². The normalized spacial score (nSPS) is 22.3. The highest BCUT2D eigenvalue weighted by molar-refractivity contribution is 7.10. The summed E-state index contributed by atoms with van der Waals surface area (Å²) in [6.07, 6.45) is 4.16. The van der Waals surface area contributed by atoms with Gasteiger partial charge in [-0.2, -0.15) is 0 Å². The lowest BCUT2D eigenvalue weighted by atomic mass is 9.87. The van der Waals surface area contributed by atoms with Crippen molar-refractivity contribution in [1.29, 1.82) is 0 Å². The molecule has 2 aromatic rings. The molecule has 6 heteroatoms. The first-order valence-electron chi connectivity index (χ1n) is 8.85. The van der Waals surface area contributed by atoms with E-state index in [9.17, 15) is 4.79 Å². The van der Waals surface area contributed by atoms with Crippen molar-refractivity contribution in [2.45, 2.75) is 37.8 Å². The molecular formula is C19H23N3O2S. The van der Waals surface area contributed by atoms with Crippen LogP contribution in [0, 0.1) is 6.92 Å². The Morgan fingerprint density at radius 2 is 2.20 bits per heavy atom. The number of nitrogens with zero attached hydrogens (tertiary/aromatic N) is 2. The summed E-state index contributed by atoms with van der Waals surface area (Å²) in [5.41, 5.74) is 0.0428. The predicted molar refractivity (Wildman–Crippen MR) is 97.8 cm³/mol. The third-order valence-electron chi connectivity index (χ3n) is 5.22. The maximum atomic E-state index is 13.5. The SMILES string of the molecule is Cc1ncccc1OC1(C(=O)N2CC[C@H]2c2cccs2)CCNCC1. The number of pyridine rings is 1. The Bertz CT molecular complexity index is 741. The van der Waals surface area contributed by atoms with Crippen LogP contribution in [0.4, 0.5) is 0 Å². The number of aryl methyl sites for hydroxylation is 1. The van der Waals surface area contributed by atoms with Crippen LogP contribution in [0.3, 0.4) is 0 Å². The Morgan fingerprint density at radius 3 is 2.84 bits per heavy atom. The lowest BCUT2D eigenvalue weighted by Gasteiger charge is -2.47. The summed E-state index contributed by atoms with van der Waals surface area (Å²) in [4.78, 5) is 21.1. The van der Waals surface area contributed by atoms with Gasteiger partial charge in [0.15, 0.2) is 5.60 Å². The van der Waals surface area contributed by atoms with Crippen LogP contribution >= 0.6 is 11.3 Å². The molecule has 0 unspecified atom stereocenters. The second-order valence-electron chi connectivity index (χ2n) is 6.75. The molecule has 2 saturated heterocycles. The van der Waals surface area contributed by atoms with Crippen molar-refractivity contribution in [3.05, 3.63) is 46.4 Å². The van der Waals surface area contributed by atoms with E-state index >= 15 is 0 Å². The van der Waals surface area contributed by atoms with Crippen molar-refractivity contribution in [3.63, 3.8) is 0 Å². The van der Waals surface area contributed by atoms with E-state index in [-0.39, 0.29) is 11.9 Å². The van der Waals surface area contributed by atoms with Gasteiger partial charge in [-0.25, -0.2) is 0 Å². The molecule has 132 valence electrons. The molecule has 25 heavy (non-hydrogen) atoms. The number of ether oxygens (including phenoxy) is 1. The van der Waals surface area contributed by atoms with Crippen LogP contribution in [-0.4, -0.2) is 41.0 Å². The molecule has 5 nitrogen and oxygen atoms in total. The highest BCUT2D eigenvalue weighted by atomic mass is 32.1. The van der Waals surface area contributed by atoms with E-state index in [4.69, 9.17) is 4.74 Å². The quantitative estimate of drug-likeness (QED) is 0.914. The molecule has 2 aliphatic heterocycles. The lowest BCUT2D eigenvalue weighted by molar-refractivity contribution is -0.159. The fourth-order valence-electron chi connectivity index (χ4n) is 3.65. The third-order valence-corrected chi connectivity index (χ3v) is 6.19. The minimum absolute atomic E-state index is 0.127. The molecule has 1 amide bonds. The molecule has 2 aromatic heterocycles. The van der Waals surface area contributed by atoms with Crippen molar-refractivity contribution in [2.24, 2.45) is 0 Å². The van der Waals surface area contributed by atoms with Crippen LogP contribution in [0.25, 0.3) is 0 Å². The smallest absolute Gasteiger partial charge is 0.267 e. The van der Waals surface area contributed by atoms with Gasteiger partial charge in [-0.05, 0) is 50.0 Å². The van der Waals surface area contributed by atoms with E-state index in [2.05, 4.69) is 27.8 Å². The number of hydrogen-bond donors (Lipinski definition) is 1. The number of rotatable bonds is 4. The maximum Gasteiger partial charge on any atom is 0.267 e. The molecule has 0 aliphatic carbocycles. The monoisotopic (exact) mass is 357 g/mol. The first-order valence-corrected chi connectivity index (χ1v) is 9.73. The van der Waals surface area contributed by atoms with E-state index in [1.165, 1.54) is 4.88 Å². The predicted octanol–water partition coefficient (Wildman–Crippen LogP) is 2.93. The molecule has 2 aliphatic rings. The maximum absolute atomic E-state index is 13.5. The molecular weight excluding hydrogens is 334 g/mol. The summed E-state index contributed by atoms with van der Waals surface area (Å²) in [5, 5.41) is 5.42. The molecule has 4 heterocycles. The zero-order chi connectivity index (χ0) is 17.3. The van der Waals surface area contributed by atoms with Crippen molar-refractivity contribution in [3.8, 4) is 5.75 Å². The van der Waals surface area contributed by atoms with Gasteiger partial charge in [0.1, 0.15) is 5.75 Å². The summed E-state index contributed by atoms with van der Waals surface area (Å²) in [5.74, 6) is 0.841. The highest BCUT2D eigenvalue weighted by Crippen LogP contribution is 2.40. The molecule has 0 aromatic carbocycles. The van der Waals surface area contributed by atoms with Crippen LogP contribution < -0.4 is 10.1 Å². The van der Waals surface area contributed by atoms with Gasteiger partial charge in [0.2, 0.25) is 0 Å². The minimum Gasteiger partial charge on any atom is -0.475 e. The summed E-state index contributed by atoms with van der Waals surface area (Å²) in [7, 11) is 0. The largest absolute Gasteiger partial charge is 0.475 e. The van der Waals surface area contributed by atoms with Gasteiger partial charge in [0.25, 0.3) is 5.91 Å². The van der Waals surface area contributed by atoms with Gasteiger partial charge in [-0.3, -0.25) is 9.78 Å². The highest BCUT2D eigenvalue weighted by Gasteiger charge is 2.49. The van der Waals surface area contributed by atoms with Crippen LogP contribution in [0.1, 0.15) is 35.9 Å². The molecule has 4 rings (SSSR count). The fourth-order valence-corrected chi connectivity index (χ4v) is 4.52. The van der Waals surface area contributed by atoms with Gasteiger partial charge >= 0.3 is 0 Å². The van der Waals surface area contributed by atoms with E-state index in [0.717, 1.165) is 31.7 Å². The van der Waals surface area contributed by atoms with Crippen molar-refractivity contribution >= 4 is 17.2 Å². The zero-order valence-corrected chi connectivity index (χ0v) is 15.2. The fraction of sp³-hybridized carbons (Fsp3) is 0.474. The molecule has 0 saturated carbocycles. The van der Waals surface area contributed by atoms with Gasteiger partial charge in [0.05, 0.1) is 11.7 Å². The van der Waals surface area contributed by atoms with Gasteiger partial charge in [-0.15, -0.1) is 11.3 Å². The summed E-state index contributed by atoms with van der Waals surface area (Å²) in [6, 6.07) is 8.15. The molecule has 2 fully saturated rings. The van der Waals surface area contributed by atoms with E-state index in [0.29, 0.717) is 18.6 Å². The van der Waals surface area contributed by atoms with Crippen LogP contribution in [-0.2, 0) is 4.79 Å². The molecule has 0 radical (unpaired) electrons. The van der Waals surface area contributed by atoms with Crippen LogP contribution in [0.5, 0.6) is 5.75 Å². The number of carbonyl (C=O) groups excluding carboxylic acids is 1. The standard InChI is InChI=1S/C19H23N3O2S/c1-14-16(4-2-9-21-14)24-19(7-10-20-11-8-19)18(23)22-12-6-15(22)17-5-3-13-25-17/h2-5,9,13,15,20H,6-8,10-12H2,1H3/t15-/m0/s1. The zero-order valence-electron chi connectivity index (χ0n) is 14.4. The summed E-state index contributed by atoms with van der Waals surface area (Å²) < 4.78 is 6.37. The Hall–Kier alpha value is -1.92. The Balaban J connectivity index is 1.60. The first-order chi connectivity index (χ1) is 12.2. The molecule has 0 spiro atoms. The number of amides is 1. The topological polar surface area (TPSA) is 54.5 Å². The van der Waals surface area contributed by atoms with Gasteiger partial charge in [-0.1, -0.05) is 6.07 Å². The average molecular weight is 357 g/mol. The number of hydrogen-bond acceptors (Lipinski definition) is 5. The van der Waals surface area contributed by atoms with Crippen LogP contribution in [0.2, 0.25) is 0 Å². The van der Waals surface area contributed by atoms with Crippen molar-refractivity contribution in [2.75, 3.05) is 19.6 Å². The Kier molecular flexibility index (Phi) is 4.48. The summed E-state index contributed by atoms with van der Waals surface area (Å²) >= 11 is 1.72. The summed E-state index contributed by atoms with van der Waals surface area (Å²) in [6.45, 7) is 4.32. The number of nitrogens with one attached hydrogen (secondary N) is 1. The van der Waals surface area contributed by atoms with E-state index < -0.39 is 5.60 Å². The van der Waals surface area contributed by atoms with Crippen molar-refractivity contribution < 1.29 is 9.53 Å².